The summed E-state index contributed by atoms with van der Waals surface area (Å²) in [4.78, 5) is 11.5. The maximum atomic E-state index is 13.6. The zero-order valence-electron chi connectivity index (χ0n) is 10.8. The first-order valence-corrected chi connectivity index (χ1v) is 6.06. The summed E-state index contributed by atoms with van der Waals surface area (Å²) >= 11 is 0. The molecule has 6 heteroatoms. The summed E-state index contributed by atoms with van der Waals surface area (Å²) in [5.74, 6) is -1.72. The number of hydrogen-bond acceptors (Lipinski definition) is 2. The Labute approximate surface area is 114 Å². The summed E-state index contributed by atoms with van der Waals surface area (Å²) < 4.78 is 54.3. The molecule has 0 aliphatic rings. The van der Waals surface area contributed by atoms with Crippen LogP contribution in [0.2, 0.25) is 0 Å². The highest BCUT2D eigenvalue weighted by molar-refractivity contribution is 5.90. The Kier molecular flexibility index (Phi) is 5.73. The van der Waals surface area contributed by atoms with Crippen LogP contribution in [0.25, 0.3) is 6.08 Å². The van der Waals surface area contributed by atoms with Gasteiger partial charge in [-0.2, -0.15) is 13.2 Å². The molecular weight excluding hydrogens is 276 g/mol. The van der Waals surface area contributed by atoms with Crippen molar-refractivity contribution in [1.29, 1.82) is 0 Å². The lowest BCUT2D eigenvalue weighted by molar-refractivity contribution is -0.0790. The van der Waals surface area contributed by atoms with Crippen molar-refractivity contribution in [3.8, 4) is 0 Å². The van der Waals surface area contributed by atoms with E-state index in [9.17, 15) is 22.4 Å². The molecule has 0 unspecified atom stereocenters. The van der Waals surface area contributed by atoms with Crippen molar-refractivity contribution in [3.05, 3.63) is 41.2 Å². The molecule has 0 aliphatic heterocycles. The summed E-state index contributed by atoms with van der Waals surface area (Å²) in [6.45, 7) is 2.10. The number of esters is 1. The van der Waals surface area contributed by atoms with E-state index in [0.29, 0.717) is 6.42 Å². The summed E-state index contributed by atoms with van der Waals surface area (Å²) in [6.07, 6.45) is -2.23. The van der Waals surface area contributed by atoms with Crippen LogP contribution >= 0.6 is 0 Å². The zero-order valence-corrected chi connectivity index (χ0v) is 10.8. The van der Waals surface area contributed by atoms with E-state index in [1.54, 1.807) is 0 Å². The van der Waals surface area contributed by atoms with Gasteiger partial charge < -0.3 is 4.74 Å². The second-order valence-electron chi connectivity index (χ2n) is 4.10. The smallest absolute Gasteiger partial charge is 0.409 e. The predicted molar refractivity (Wildman–Crippen MR) is 66.7 cm³/mol. The Morgan fingerprint density at radius 3 is 2.60 bits per heavy atom. The van der Waals surface area contributed by atoms with Crippen molar-refractivity contribution < 1.29 is 27.1 Å². The van der Waals surface area contributed by atoms with Gasteiger partial charge in [-0.15, -0.1) is 0 Å². The van der Waals surface area contributed by atoms with E-state index in [-0.39, 0.29) is 23.8 Å². The molecule has 0 atom stereocenters. The largest absolute Gasteiger partial charge is 0.462 e. The van der Waals surface area contributed by atoms with Crippen LogP contribution in [0.5, 0.6) is 0 Å². The van der Waals surface area contributed by atoms with Gasteiger partial charge in [0.25, 0.3) is 0 Å². The molecule has 0 aliphatic carbocycles. The highest BCUT2D eigenvalue weighted by Gasteiger charge is 2.22. The topological polar surface area (TPSA) is 26.3 Å². The van der Waals surface area contributed by atoms with Gasteiger partial charge >= 0.3 is 12.1 Å². The summed E-state index contributed by atoms with van der Waals surface area (Å²) in [5, 5.41) is 0. The predicted octanol–water partition coefficient (Wildman–Crippen LogP) is 4.36. The highest BCUT2D eigenvalue weighted by atomic mass is 19.4. The van der Waals surface area contributed by atoms with Gasteiger partial charge in [-0.25, -0.2) is 9.18 Å². The molecule has 0 saturated carbocycles. The maximum Gasteiger partial charge on any atom is 0.409 e. The van der Waals surface area contributed by atoms with Crippen LogP contribution in [-0.2, 0) is 4.74 Å². The Morgan fingerprint density at radius 2 is 2.05 bits per heavy atom. The SMILES string of the molecule is CCCCOC(=O)c1ccc(C=CC(F)(F)F)cc1F. The molecular formula is C14H14F4O2. The quantitative estimate of drug-likeness (QED) is 0.457. The van der Waals surface area contributed by atoms with Gasteiger partial charge in [0.15, 0.2) is 0 Å². The Hall–Kier alpha value is -1.85. The number of halogens is 4. The van der Waals surface area contributed by atoms with Gasteiger partial charge in [-0.05, 0) is 30.2 Å². The lowest BCUT2D eigenvalue weighted by Gasteiger charge is -2.05. The van der Waals surface area contributed by atoms with E-state index in [1.165, 1.54) is 6.07 Å². The van der Waals surface area contributed by atoms with Gasteiger partial charge in [0.2, 0.25) is 0 Å². The standard InChI is InChI=1S/C14H14F4O2/c1-2-3-8-20-13(19)11-5-4-10(9-12(11)15)6-7-14(16,17)18/h4-7,9H,2-3,8H2,1H3. The van der Waals surface area contributed by atoms with Crippen LogP contribution in [0.15, 0.2) is 24.3 Å². The first-order chi connectivity index (χ1) is 9.33. The minimum atomic E-state index is -4.46. The van der Waals surface area contributed by atoms with Gasteiger partial charge in [0.05, 0.1) is 12.2 Å². The number of unbranched alkanes of at least 4 members (excludes halogenated alkanes) is 1. The second-order valence-corrected chi connectivity index (χ2v) is 4.10. The summed E-state index contributed by atoms with van der Waals surface area (Å²) in [7, 11) is 0. The van der Waals surface area contributed by atoms with E-state index in [4.69, 9.17) is 4.74 Å². The molecule has 0 spiro atoms. The van der Waals surface area contributed by atoms with Crippen LogP contribution in [0.1, 0.15) is 35.7 Å². The normalized spacial score (nSPS) is 11.8. The molecule has 0 amide bonds. The van der Waals surface area contributed by atoms with Crippen molar-refractivity contribution >= 4 is 12.0 Å². The van der Waals surface area contributed by atoms with Gasteiger partial charge in [-0.3, -0.25) is 0 Å². The molecule has 0 N–H and O–H groups in total. The van der Waals surface area contributed by atoms with Gasteiger partial charge in [-0.1, -0.05) is 19.4 Å². The van der Waals surface area contributed by atoms with Crippen molar-refractivity contribution in [1.82, 2.24) is 0 Å². The Morgan fingerprint density at radius 1 is 1.35 bits per heavy atom. The molecule has 0 aromatic heterocycles. The molecule has 0 fully saturated rings. The molecule has 1 rings (SSSR count). The van der Waals surface area contributed by atoms with Crippen molar-refractivity contribution in [2.45, 2.75) is 25.9 Å². The van der Waals surface area contributed by atoms with Crippen LogP contribution in [0, 0.1) is 5.82 Å². The number of rotatable bonds is 5. The average molecular weight is 290 g/mol. The molecule has 2 nitrogen and oxygen atoms in total. The fourth-order valence-corrected chi connectivity index (χ4v) is 1.38. The lowest BCUT2D eigenvalue weighted by Crippen LogP contribution is -2.08. The van der Waals surface area contributed by atoms with E-state index in [0.717, 1.165) is 24.6 Å². The third kappa shape index (κ3) is 5.42. The number of hydrogen-bond donors (Lipinski definition) is 0. The Balaban J connectivity index is 2.78. The van der Waals surface area contributed by atoms with Crippen LogP contribution in [-0.4, -0.2) is 18.8 Å². The molecule has 20 heavy (non-hydrogen) atoms. The molecule has 110 valence electrons. The number of ether oxygens (including phenoxy) is 1. The fourth-order valence-electron chi connectivity index (χ4n) is 1.38. The van der Waals surface area contributed by atoms with Crippen molar-refractivity contribution in [3.63, 3.8) is 0 Å². The Bertz CT molecular complexity index is 492. The summed E-state index contributed by atoms with van der Waals surface area (Å²) in [6, 6.07) is 3.19. The third-order valence-corrected chi connectivity index (χ3v) is 2.41. The van der Waals surface area contributed by atoms with Gasteiger partial charge in [0.1, 0.15) is 5.82 Å². The number of carbonyl (C=O) groups excluding carboxylic acids is 1. The molecule has 1 aromatic rings. The van der Waals surface area contributed by atoms with E-state index in [2.05, 4.69) is 0 Å². The van der Waals surface area contributed by atoms with Crippen LogP contribution in [0.4, 0.5) is 17.6 Å². The zero-order chi connectivity index (χ0) is 15.2. The third-order valence-electron chi connectivity index (χ3n) is 2.41. The second kappa shape index (κ2) is 7.07. The number of allylic oxidation sites excluding steroid dienone is 1. The van der Waals surface area contributed by atoms with Crippen LogP contribution < -0.4 is 0 Å². The van der Waals surface area contributed by atoms with E-state index >= 15 is 0 Å². The molecule has 0 saturated heterocycles. The van der Waals surface area contributed by atoms with Crippen molar-refractivity contribution in [2.75, 3.05) is 6.61 Å². The molecule has 0 heterocycles. The minimum Gasteiger partial charge on any atom is -0.462 e. The lowest BCUT2D eigenvalue weighted by atomic mass is 10.1. The molecule has 0 bridgehead atoms. The fraction of sp³-hybridized carbons (Fsp3) is 0.357. The monoisotopic (exact) mass is 290 g/mol. The first kappa shape index (κ1) is 16.2. The van der Waals surface area contributed by atoms with E-state index in [1.807, 2.05) is 6.92 Å². The highest BCUT2D eigenvalue weighted by Crippen LogP contribution is 2.19. The van der Waals surface area contributed by atoms with Gasteiger partial charge in [0, 0.05) is 6.08 Å². The summed E-state index contributed by atoms with van der Waals surface area (Å²) in [5.41, 5.74) is -0.268. The number of alkyl halides is 3. The first-order valence-electron chi connectivity index (χ1n) is 6.06. The number of carbonyl (C=O) groups is 1. The maximum absolute atomic E-state index is 13.6. The molecule has 1 aromatic carbocycles. The van der Waals surface area contributed by atoms with Crippen LogP contribution in [0.3, 0.4) is 0 Å². The average Bonchev–Trinajstić information content (AvgIpc) is 2.35. The van der Waals surface area contributed by atoms with E-state index < -0.39 is 18.0 Å². The molecule has 0 radical (unpaired) electrons. The number of benzene rings is 1. The van der Waals surface area contributed by atoms with Crippen molar-refractivity contribution in [2.24, 2.45) is 0 Å². The minimum absolute atomic E-state index is 0.00101.